The molecule has 1 fully saturated rings. The summed E-state index contributed by atoms with van der Waals surface area (Å²) in [7, 11) is -3.44. The van der Waals surface area contributed by atoms with E-state index < -0.39 is 10.0 Å². The molecule has 1 saturated heterocycles. The summed E-state index contributed by atoms with van der Waals surface area (Å²) in [4.78, 5) is 5.29. The van der Waals surface area contributed by atoms with Gasteiger partial charge in [0.2, 0.25) is 10.0 Å². The molecule has 1 aromatic heterocycles. The lowest BCUT2D eigenvalue weighted by Gasteiger charge is -2.26. The van der Waals surface area contributed by atoms with Crippen LogP contribution in [0.3, 0.4) is 0 Å². The number of hydrogen-bond acceptors (Lipinski definition) is 6. The van der Waals surface area contributed by atoms with Gasteiger partial charge in [0.1, 0.15) is 0 Å². The van der Waals surface area contributed by atoms with Crippen molar-refractivity contribution >= 4 is 38.6 Å². The number of morpholine rings is 1. The highest BCUT2D eigenvalue weighted by atomic mass is 35.5. The van der Waals surface area contributed by atoms with Gasteiger partial charge < -0.3 is 10.1 Å². The summed E-state index contributed by atoms with van der Waals surface area (Å²) in [6.07, 6.45) is 1.72. The highest BCUT2D eigenvalue weighted by Gasteiger charge is 2.25. The van der Waals surface area contributed by atoms with Crippen LogP contribution in [0, 0.1) is 0 Å². The largest absolute Gasteiger partial charge is 0.380 e. The quantitative estimate of drug-likeness (QED) is 0.871. The zero-order valence-electron chi connectivity index (χ0n) is 12.2. The summed E-state index contributed by atoms with van der Waals surface area (Å²) in [5.41, 5.74) is 0.843. The Balaban J connectivity index is 1.66. The van der Waals surface area contributed by atoms with E-state index in [4.69, 9.17) is 16.3 Å². The Kier molecular flexibility index (Phi) is 5.17. The third-order valence-electron chi connectivity index (χ3n) is 3.45. The molecule has 0 saturated carbocycles. The first-order chi connectivity index (χ1) is 11.1. The molecule has 0 radical (unpaired) electrons. The average Bonchev–Trinajstić information content (AvgIpc) is 3.00. The number of benzene rings is 1. The lowest BCUT2D eigenvalue weighted by molar-refractivity contribution is 0.0730. The van der Waals surface area contributed by atoms with Gasteiger partial charge in [-0.05, 0) is 24.3 Å². The van der Waals surface area contributed by atoms with E-state index in [0.29, 0.717) is 42.2 Å². The Morgan fingerprint density at radius 1 is 1.26 bits per heavy atom. The van der Waals surface area contributed by atoms with Gasteiger partial charge in [0.25, 0.3) is 0 Å². The summed E-state index contributed by atoms with van der Waals surface area (Å²) in [6.45, 7) is 2.27. The number of hydrogen-bond donors (Lipinski definition) is 1. The molecule has 1 aromatic carbocycles. The third-order valence-corrected chi connectivity index (χ3v) is 6.48. The topological polar surface area (TPSA) is 71.5 Å². The van der Waals surface area contributed by atoms with Gasteiger partial charge in [-0.2, -0.15) is 4.31 Å². The van der Waals surface area contributed by atoms with Gasteiger partial charge in [0.15, 0.2) is 4.47 Å². The Hall–Kier alpha value is -1.19. The Bertz CT molecular complexity index is 756. The zero-order valence-corrected chi connectivity index (χ0v) is 14.6. The van der Waals surface area contributed by atoms with E-state index in [1.54, 1.807) is 30.5 Å². The second kappa shape index (κ2) is 7.14. The molecule has 9 heteroatoms. The highest BCUT2D eigenvalue weighted by molar-refractivity contribution is 7.89. The van der Waals surface area contributed by atoms with E-state index in [1.807, 2.05) is 0 Å². The fourth-order valence-electron chi connectivity index (χ4n) is 2.24. The van der Waals surface area contributed by atoms with Gasteiger partial charge in [-0.3, -0.25) is 0 Å². The summed E-state index contributed by atoms with van der Waals surface area (Å²) in [5.74, 6) is 0. The second-order valence-electron chi connectivity index (χ2n) is 4.97. The van der Waals surface area contributed by atoms with Crippen LogP contribution < -0.4 is 5.32 Å². The number of rotatable bonds is 5. The van der Waals surface area contributed by atoms with Gasteiger partial charge >= 0.3 is 0 Å². The first-order valence-corrected chi connectivity index (χ1v) is 9.71. The van der Waals surface area contributed by atoms with E-state index in [2.05, 4.69) is 10.3 Å². The summed E-state index contributed by atoms with van der Waals surface area (Å²) >= 11 is 7.20. The lowest BCUT2D eigenvalue weighted by Crippen LogP contribution is -2.40. The molecule has 1 aliphatic rings. The second-order valence-corrected chi connectivity index (χ2v) is 8.61. The first-order valence-electron chi connectivity index (χ1n) is 7.08. The van der Waals surface area contributed by atoms with Crippen LogP contribution in [0.25, 0.3) is 0 Å². The molecule has 0 spiro atoms. The van der Waals surface area contributed by atoms with Gasteiger partial charge in [-0.1, -0.05) is 11.6 Å². The van der Waals surface area contributed by atoms with Crippen molar-refractivity contribution in [3.8, 4) is 0 Å². The number of sulfonamides is 1. The average molecular weight is 374 g/mol. The number of aromatic nitrogens is 1. The smallest absolute Gasteiger partial charge is 0.243 e. The van der Waals surface area contributed by atoms with Crippen LogP contribution in [-0.2, 0) is 21.3 Å². The van der Waals surface area contributed by atoms with Crippen LogP contribution in [0.5, 0.6) is 0 Å². The molecule has 23 heavy (non-hydrogen) atoms. The van der Waals surface area contributed by atoms with Crippen LogP contribution in [0.15, 0.2) is 35.4 Å². The lowest BCUT2D eigenvalue weighted by atomic mass is 10.3. The maximum absolute atomic E-state index is 12.5. The van der Waals surface area contributed by atoms with Crippen molar-refractivity contribution in [3.63, 3.8) is 0 Å². The van der Waals surface area contributed by atoms with Gasteiger partial charge in [0, 0.05) is 29.9 Å². The molecule has 2 heterocycles. The molecule has 124 valence electrons. The Morgan fingerprint density at radius 2 is 1.96 bits per heavy atom. The number of halogens is 1. The van der Waals surface area contributed by atoms with Crippen LogP contribution in [-0.4, -0.2) is 44.0 Å². The minimum Gasteiger partial charge on any atom is -0.380 e. The number of nitrogens with one attached hydrogen (secondary N) is 1. The molecule has 0 amide bonds. The van der Waals surface area contributed by atoms with Crippen LogP contribution in [0.4, 0.5) is 5.69 Å². The molecule has 0 bridgehead atoms. The molecule has 3 rings (SSSR count). The highest BCUT2D eigenvalue weighted by Crippen LogP contribution is 2.21. The van der Waals surface area contributed by atoms with Crippen LogP contribution in [0.1, 0.15) is 4.88 Å². The van der Waals surface area contributed by atoms with Gasteiger partial charge in [-0.25, -0.2) is 13.4 Å². The molecule has 6 nitrogen and oxygen atoms in total. The maximum atomic E-state index is 12.5. The van der Waals surface area contributed by atoms with Gasteiger partial charge in [-0.15, -0.1) is 11.3 Å². The summed E-state index contributed by atoms with van der Waals surface area (Å²) < 4.78 is 32.2. The van der Waals surface area contributed by atoms with E-state index in [1.165, 1.54) is 15.6 Å². The molecule has 1 N–H and O–H groups in total. The predicted octanol–water partition coefficient (Wildman–Crippen LogP) is 2.43. The number of nitrogens with zero attached hydrogens (tertiary/aromatic N) is 2. The zero-order chi connectivity index (χ0) is 16.3. The van der Waals surface area contributed by atoms with Crippen molar-refractivity contribution in [1.82, 2.24) is 9.29 Å². The monoisotopic (exact) mass is 373 g/mol. The van der Waals surface area contributed by atoms with E-state index in [-0.39, 0.29) is 0 Å². The van der Waals surface area contributed by atoms with Crippen LogP contribution in [0.2, 0.25) is 4.47 Å². The van der Waals surface area contributed by atoms with Gasteiger partial charge in [0.05, 0.1) is 24.7 Å². The molecule has 0 aliphatic carbocycles. The van der Waals surface area contributed by atoms with Crippen molar-refractivity contribution < 1.29 is 13.2 Å². The fourth-order valence-corrected chi connectivity index (χ4v) is 4.56. The molecular weight excluding hydrogens is 358 g/mol. The molecule has 1 aliphatic heterocycles. The number of thiazole rings is 1. The van der Waals surface area contributed by atoms with E-state index in [0.717, 1.165) is 10.6 Å². The summed E-state index contributed by atoms with van der Waals surface area (Å²) in [6, 6.07) is 6.76. The van der Waals surface area contributed by atoms with Crippen molar-refractivity contribution in [3.05, 3.63) is 39.8 Å². The van der Waals surface area contributed by atoms with Crippen molar-refractivity contribution in [2.75, 3.05) is 31.6 Å². The Labute approximate surface area is 144 Å². The molecular formula is C14H16ClN3O3S2. The van der Waals surface area contributed by atoms with Crippen molar-refractivity contribution in [1.29, 1.82) is 0 Å². The molecule has 0 unspecified atom stereocenters. The normalized spacial score (nSPS) is 16.4. The SMILES string of the molecule is O=S(=O)(c1ccc(NCc2cnc(Cl)s2)cc1)N1CCOCC1. The third kappa shape index (κ3) is 4.02. The molecule has 0 atom stereocenters. The first kappa shape index (κ1) is 16.7. The minimum atomic E-state index is -3.44. The van der Waals surface area contributed by atoms with Crippen molar-refractivity contribution in [2.24, 2.45) is 0 Å². The fraction of sp³-hybridized carbons (Fsp3) is 0.357. The minimum absolute atomic E-state index is 0.297. The molecule has 2 aromatic rings. The standard InChI is InChI=1S/C14H16ClN3O3S2/c15-14-17-10-12(22-14)9-16-11-1-3-13(4-2-11)23(19,20)18-5-7-21-8-6-18/h1-4,10,16H,5-9H2. The maximum Gasteiger partial charge on any atom is 0.243 e. The van der Waals surface area contributed by atoms with Crippen molar-refractivity contribution in [2.45, 2.75) is 11.4 Å². The predicted molar refractivity (Wildman–Crippen MR) is 90.5 cm³/mol. The van der Waals surface area contributed by atoms with E-state index in [9.17, 15) is 8.42 Å². The van der Waals surface area contributed by atoms with E-state index >= 15 is 0 Å². The number of anilines is 1. The van der Waals surface area contributed by atoms with Crippen LogP contribution >= 0.6 is 22.9 Å². The Morgan fingerprint density at radius 3 is 2.57 bits per heavy atom. The summed E-state index contributed by atoms with van der Waals surface area (Å²) in [5, 5.41) is 3.22. The number of ether oxygens (including phenoxy) is 1.